The summed E-state index contributed by atoms with van der Waals surface area (Å²) in [4.78, 5) is 30.1. The van der Waals surface area contributed by atoms with Crippen LogP contribution in [0.1, 0.15) is 85.6 Å². The number of H-pyrrole nitrogens is 1. The van der Waals surface area contributed by atoms with Gasteiger partial charge in [-0.1, -0.05) is 37.8 Å². The molecule has 1 aliphatic rings. The third kappa shape index (κ3) is 6.90. The predicted molar refractivity (Wildman–Crippen MR) is 136 cm³/mol. The average molecular weight is 477 g/mol. The Labute approximate surface area is 207 Å². The van der Waals surface area contributed by atoms with Crippen LogP contribution in [0.4, 0.5) is 0 Å². The van der Waals surface area contributed by atoms with Gasteiger partial charge in [0.15, 0.2) is 0 Å². The summed E-state index contributed by atoms with van der Waals surface area (Å²) in [5, 5.41) is 10.7. The minimum atomic E-state index is -0.639. The molecule has 35 heavy (non-hydrogen) atoms. The number of carbonyl (C=O) groups excluding carboxylic acids is 2. The number of benzene rings is 1. The highest BCUT2D eigenvalue weighted by Crippen LogP contribution is 2.20. The summed E-state index contributed by atoms with van der Waals surface area (Å²) in [7, 11) is 0. The number of pyridine rings is 1. The zero-order valence-corrected chi connectivity index (χ0v) is 20.6. The van der Waals surface area contributed by atoms with E-state index in [0.717, 1.165) is 55.8 Å². The van der Waals surface area contributed by atoms with Gasteiger partial charge in [-0.2, -0.15) is 5.10 Å². The van der Waals surface area contributed by atoms with Crippen molar-refractivity contribution < 1.29 is 14.3 Å². The SMILES string of the molecule is CCOC(=O)[C@H](CCCCCCCc1ccc2c(n1)CCCC2)NC(=O)c1ccc2cn[nH]c2c1. The highest BCUT2D eigenvalue weighted by Gasteiger charge is 2.22. The Bertz CT molecular complexity index is 1140. The minimum absolute atomic E-state index is 0.280. The number of rotatable bonds is 12. The maximum absolute atomic E-state index is 12.8. The number of hydrogen-bond donors (Lipinski definition) is 2. The standard InChI is InChI=1S/C28H36N4O3/c1-2-35-28(34)25(31-27(33)21-14-15-22-19-29-32-26(22)18-21)13-7-5-3-4-6-11-23-17-16-20-10-8-9-12-24(20)30-23/h14-19,25H,2-13H2,1H3,(H,29,32)(H,31,33)/t25-/m0/s1. The van der Waals surface area contributed by atoms with Crippen molar-refractivity contribution in [2.24, 2.45) is 0 Å². The molecule has 0 spiro atoms. The number of nitrogens with one attached hydrogen (secondary N) is 2. The predicted octanol–water partition coefficient (Wildman–Crippen LogP) is 5.08. The average Bonchev–Trinajstić information content (AvgIpc) is 3.35. The monoisotopic (exact) mass is 476 g/mol. The van der Waals surface area contributed by atoms with Crippen LogP contribution < -0.4 is 5.32 Å². The molecule has 0 radical (unpaired) electrons. The maximum Gasteiger partial charge on any atom is 0.328 e. The topological polar surface area (TPSA) is 97.0 Å². The number of hydrogen-bond acceptors (Lipinski definition) is 5. The first kappa shape index (κ1) is 24.9. The Morgan fingerprint density at radius 1 is 1.06 bits per heavy atom. The summed E-state index contributed by atoms with van der Waals surface area (Å²) >= 11 is 0. The molecule has 1 aliphatic carbocycles. The number of carbonyl (C=O) groups is 2. The molecular weight excluding hydrogens is 440 g/mol. The first-order valence-electron chi connectivity index (χ1n) is 13.0. The fourth-order valence-electron chi connectivity index (χ4n) is 4.76. The lowest BCUT2D eigenvalue weighted by Crippen LogP contribution is -2.41. The van der Waals surface area contributed by atoms with Crippen molar-refractivity contribution in [3.8, 4) is 0 Å². The summed E-state index contributed by atoms with van der Waals surface area (Å²) in [5.41, 5.74) is 5.24. The Morgan fingerprint density at radius 2 is 1.89 bits per heavy atom. The molecule has 0 unspecified atom stereocenters. The van der Waals surface area contributed by atoms with E-state index in [0.29, 0.717) is 18.6 Å². The smallest absolute Gasteiger partial charge is 0.328 e. The molecule has 2 heterocycles. The van der Waals surface area contributed by atoms with E-state index in [1.165, 1.54) is 36.2 Å². The van der Waals surface area contributed by atoms with Gasteiger partial charge >= 0.3 is 5.97 Å². The van der Waals surface area contributed by atoms with Crippen LogP contribution in [0.3, 0.4) is 0 Å². The molecule has 1 atom stereocenters. The molecule has 4 rings (SSSR count). The minimum Gasteiger partial charge on any atom is -0.464 e. The molecule has 0 saturated carbocycles. The third-order valence-corrected chi connectivity index (χ3v) is 6.74. The van der Waals surface area contributed by atoms with E-state index in [4.69, 9.17) is 9.72 Å². The van der Waals surface area contributed by atoms with Crippen molar-refractivity contribution in [2.45, 2.75) is 83.6 Å². The number of esters is 1. The number of unbranched alkanes of at least 4 members (excludes halogenated alkanes) is 4. The number of ether oxygens (including phenoxy) is 1. The molecular formula is C28H36N4O3. The quantitative estimate of drug-likeness (QED) is 0.281. The number of aromatic nitrogens is 3. The molecule has 1 aromatic carbocycles. The first-order valence-corrected chi connectivity index (χ1v) is 13.0. The summed E-state index contributed by atoms with van der Waals surface area (Å²) in [6.45, 7) is 2.07. The van der Waals surface area contributed by atoms with E-state index in [2.05, 4.69) is 27.6 Å². The largest absolute Gasteiger partial charge is 0.464 e. The second-order valence-corrected chi connectivity index (χ2v) is 9.37. The highest BCUT2D eigenvalue weighted by molar-refractivity contribution is 5.99. The van der Waals surface area contributed by atoms with Gasteiger partial charge in [0.1, 0.15) is 6.04 Å². The zero-order chi connectivity index (χ0) is 24.5. The molecule has 1 amide bonds. The maximum atomic E-state index is 12.8. The summed E-state index contributed by atoms with van der Waals surface area (Å²) in [5.74, 6) is -0.654. The Balaban J connectivity index is 1.19. The van der Waals surface area contributed by atoms with Gasteiger partial charge in [-0.05, 0) is 75.6 Å². The van der Waals surface area contributed by atoms with Gasteiger partial charge < -0.3 is 10.1 Å². The van der Waals surface area contributed by atoms with Crippen LogP contribution in [0.5, 0.6) is 0 Å². The molecule has 0 saturated heterocycles. The highest BCUT2D eigenvalue weighted by atomic mass is 16.5. The second kappa shape index (κ2) is 12.5. The Morgan fingerprint density at radius 3 is 2.77 bits per heavy atom. The zero-order valence-electron chi connectivity index (χ0n) is 20.6. The fraction of sp³-hybridized carbons (Fsp3) is 0.500. The molecule has 7 heteroatoms. The lowest BCUT2D eigenvalue weighted by Gasteiger charge is -2.17. The van der Waals surface area contributed by atoms with Gasteiger partial charge in [0.2, 0.25) is 0 Å². The lowest BCUT2D eigenvalue weighted by atomic mass is 9.95. The van der Waals surface area contributed by atoms with Crippen LogP contribution in [-0.4, -0.2) is 39.7 Å². The molecule has 2 N–H and O–H groups in total. The van der Waals surface area contributed by atoms with Crippen LogP contribution in [0.25, 0.3) is 10.9 Å². The van der Waals surface area contributed by atoms with Gasteiger partial charge in [0.05, 0.1) is 18.3 Å². The van der Waals surface area contributed by atoms with E-state index in [9.17, 15) is 9.59 Å². The second-order valence-electron chi connectivity index (χ2n) is 9.37. The van der Waals surface area contributed by atoms with Gasteiger partial charge in [0.25, 0.3) is 5.91 Å². The molecule has 2 aromatic heterocycles. The Kier molecular flexibility index (Phi) is 8.87. The van der Waals surface area contributed by atoms with Crippen molar-refractivity contribution >= 4 is 22.8 Å². The van der Waals surface area contributed by atoms with Crippen molar-refractivity contribution in [1.29, 1.82) is 0 Å². The van der Waals surface area contributed by atoms with Crippen molar-refractivity contribution in [1.82, 2.24) is 20.5 Å². The molecule has 0 bridgehead atoms. The van der Waals surface area contributed by atoms with Crippen LogP contribution in [0.2, 0.25) is 0 Å². The van der Waals surface area contributed by atoms with Crippen LogP contribution >= 0.6 is 0 Å². The van der Waals surface area contributed by atoms with Gasteiger partial charge in [-0.15, -0.1) is 0 Å². The van der Waals surface area contributed by atoms with E-state index in [1.807, 2.05) is 6.07 Å². The fourth-order valence-corrected chi connectivity index (χ4v) is 4.76. The van der Waals surface area contributed by atoms with Crippen molar-refractivity contribution in [3.63, 3.8) is 0 Å². The normalized spacial score (nSPS) is 13.9. The molecule has 0 fully saturated rings. The third-order valence-electron chi connectivity index (χ3n) is 6.74. The van der Waals surface area contributed by atoms with E-state index in [-0.39, 0.29) is 11.9 Å². The molecule has 3 aromatic rings. The number of aromatic amines is 1. The molecule has 0 aliphatic heterocycles. The number of nitrogens with zero attached hydrogens (tertiary/aromatic N) is 2. The van der Waals surface area contributed by atoms with Gasteiger partial charge in [-0.25, -0.2) is 4.79 Å². The summed E-state index contributed by atoms with van der Waals surface area (Å²) < 4.78 is 5.21. The van der Waals surface area contributed by atoms with Gasteiger partial charge in [0, 0.05) is 22.3 Å². The number of aryl methyl sites for hydroxylation is 3. The molecule has 7 nitrogen and oxygen atoms in total. The number of fused-ring (bicyclic) bond motifs is 2. The lowest BCUT2D eigenvalue weighted by molar-refractivity contribution is -0.145. The van der Waals surface area contributed by atoms with Gasteiger partial charge in [-0.3, -0.25) is 14.9 Å². The summed E-state index contributed by atoms with van der Waals surface area (Å²) in [6, 6.07) is 9.16. The first-order chi connectivity index (χ1) is 17.1. The van der Waals surface area contributed by atoms with Crippen LogP contribution in [0.15, 0.2) is 36.5 Å². The van der Waals surface area contributed by atoms with Crippen LogP contribution in [-0.2, 0) is 28.8 Å². The summed E-state index contributed by atoms with van der Waals surface area (Å²) in [6.07, 6.45) is 13.4. The van der Waals surface area contributed by atoms with E-state index in [1.54, 1.807) is 25.3 Å². The molecule has 186 valence electrons. The number of amides is 1. The van der Waals surface area contributed by atoms with Crippen LogP contribution in [0, 0.1) is 0 Å². The van der Waals surface area contributed by atoms with Crippen molar-refractivity contribution in [2.75, 3.05) is 6.61 Å². The van der Waals surface area contributed by atoms with Crippen molar-refractivity contribution in [3.05, 3.63) is 59.0 Å². The van der Waals surface area contributed by atoms with E-state index >= 15 is 0 Å². The Hall–Kier alpha value is -3.22. The van der Waals surface area contributed by atoms with E-state index < -0.39 is 6.04 Å².